The molecule has 0 bridgehead atoms. The van der Waals surface area contributed by atoms with Crippen molar-refractivity contribution in [3.63, 3.8) is 0 Å². The van der Waals surface area contributed by atoms with Gasteiger partial charge in [-0.05, 0) is 37.3 Å². The minimum absolute atomic E-state index is 0.0417. The third-order valence-electron chi connectivity index (χ3n) is 2.30. The van der Waals surface area contributed by atoms with Crippen LogP contribution in [0.4, 0.5) is 0 Å². The molecule has 1 heterocycles. The highest BCUT2D eigenvalue weighted by atomic mass is 79.9. The van der Waals surface area contributed by atoms with Gasteiger partial charge in [-0.1, -0.05) is 33.8 Å². The van der Waals surface area contributed by atoms with Crippen molar-refractivity contribution < 1.29 is 0 Å². The maximum absolute atomic E-state index is 7.57. The Hall–Kier alpha value is -1.33. The third-order valence-corrected chi connectivity index (χ3v) is 3.79. The van der Waals surface area contributed by atoms with Crippen molar-refractivity contribution in [1.29, 1.82) is 5.41 Å². The molecule has 5 heteroatoms. The van der Waals surface area contributed by atoms with E-state index in [4.69, 9.17) is 11.1 Å². The van der Waals surface area contributed by atoms with Crippen molar-refractivity contribution in [3.05, 3.63) is 52.1 Å². The van der Waals surface area contributed by atoms with Gasteiger partial charge in [0, 0.05) is 20.6 Å². The van der Waals surface area contributed by atoms with Gasteiger partial charge in [-0.3, -0.25) is 5.41 Å². The molecule has 2 aromatic rings. The average Bonchev–Trinajstić information content (AvgIpc) is 2.28. The first kappa shape index (κ1) is 13.1. The Balaban J connectivity index is 2.39. The maximum Gasteiger partial charge on any atom is 0.125 e. The molecule has 3 nitrogen and oxygen atoms in total. The molecular weight excluding hydrogens is 310 g/mol. The molecular formula is C13H12BrN3S. The minimum atomic E-state index is 0.0417. The summed E-state index contributed by atoms with van der Waals surface area (Å²) in [5, 5.41) is 8.33. The molecule has 0 saturated heterocycles. The SMILES string of the molecule is Cc1ccc(C(=N)N)c(Sc2cccc(Br)c2)n1. The average molecular weight is 322 g/mol. The zero-order valence-electron chi connectivity index (χ0n) is 9.77. The normalized spacial score (nSPS) is 10.3. The fourth-order valence-electron chi connectivity index (χ4n) is 1.46. The number of nitrogens with one attached hydrogen (secondary N) is 1. The molecule has 3 N–H and O–H groups in total. The summed E-state index contributed by atoms with van der Waals surface area (Å²) in [6, 6.07) is 11.7. The van der Waals surface area contributed by atoms with Crippen molar-refractivity contribution in [2.24, 2.45) is 5.73 Å². The fourth-order valence-corrected chi connectivity index (χ4v) is 3.04. The van der Waals surface area contributed by atoms with Gasteiger partial charge in [0.2, 0.25) is 0 Å². The number of aromatic nitrogens is 1. The number of hydrogen-bond donors (Lipinski definition) is 2. The molecule has 1 aromatic carbocycles. The van der Waals surface area contributed by atoms with Crippen LogP contribution < -0.4 is 5.73 Å². The van der Waals surface area contributed by atoms with Crippen LogP contribution in [-0.4, -0.2) is 10.8 Å². The number of pyridine rings is 1. The first-order valence-electron chi connectivity index (χ1n) is 5.32. The van der Waals surface area contributed by atoms with Crippen LogP contribution in [0.5, 0.6) is 0 Å². The number of nitrogens with zero attached hydrogens (tertiary/aromatic N) is 1. The van der Waals surface area contributed by atoms with Crippen LogP contribution in [0.2, 0.25) is 0 Å². The van der Waals surface area contributed by atoms with E-state index in [1.54, 1.807) is 0 Å². The van der Waals surface area contributed by atoms with Crippen molar-refractivity contribution >= 4 is 33.5 Å². The van der Waals surface area contributed by atoms with Crippen LogP contribution in [0.1, 0.15) is 11.3 Å². The number of hydrogen-bond acceptors (Lipinski definition) is 3. The molecule has 18 heavy (non-hydrogen) atoms. The molecule has 0 unspecified atom stereocenters. The van der Waals surface area contributed by atoms with Crippen molar-refractivity contribution in [3.8, 4) is 0 Å². The molecule has 0 radical (unpaired) electrons. The topological polar surface area (TPSA) is 62.8 Å². The summed E-state index contributed by atoms with van der Waals surface area (Å²) in [6.07, 6.45) is 0. The van der Waals surface area contributed by atoms with Crippen molar-refractivity contribution in [2.75, 3.05) is 0 Å². The van der Waals surface area contributed by atoms with E-state index in [2.05, 4.69) is 20.9 Å². The number of halogens is 1. The highest BCUT2D eigenvalue weighted by molar-refractivity contribution is 9.10. The van der Waals surface area contributed by atoms with Crippen LogP contribution in [0.25, 0.3) is 0 Å². The van der Waals surface area contributed by atoms with Crippen molar-refractivity contribution in [1.82, 2.24) is 4.98 Å². The quantitative estimate of drug-likeness (QED) is 0.670. The van der Waals surface area contributed by atoms with E-state index in [-0.39, 0.29) is 5.84 Å². The van der Waals surface area contributed by atoms with Crippen LogP contribution in [-0.2, 0) is 0 Å². The molecule has 0 atom stereocenters. The molecule has 0 fully saturated rings. The smallest absolute Gasteiger partial charge is 0.125 e. The van der Waals surface area contributed by atoms with Gasteiger partial charge in [-0.25, -0.2) is 4.98 Å². The predicted octanol–water partition coefficient (Wildman–Crippen LogP) is 3.59. The standard InChI is InChI=1S/C13H12BrN3S/c1-8-5-6-11(12(15)16)13(17-8)18-10-4-2-3-9(14)7-10/h2-7H,1H3,(H3,15,16). The highest BCUT2D eigenvalue weighted by Crippen LogP contribution is 2.30. The number of nitrogens with two attached hydrogens (primary N) is 1. The van der Waals surface area contributed by atoms with E-state index in [1.165, 1.54) is 11.8 Å². The number of benzene rings is 1. The summed E-state index contributed by atoms with van der Waals surface area (Å²) in [5.74, 6) is 0.0417. The van der Waals surface area contributed by atoms with E-state index in [0.717, 1.165) is 20.1 Å². The molecule has 0 saturated carbocycles. The lowest BCUT2D eigenvalue weighted by molar-refractivity contribution is 1.05. The summed E-state index contributed by atoms with van der Waals surface area (Å²) in [5.41, 5.74) is 7.16. The van der Waals surface area contributed by atoms with Gasteiger partial charge < -0.3 is 5.73 Å². The second-order valence-electron chi connectivity index (χ2n) is 3.78. The summed E-state index contributed by atoms with van der Waals surface area (Å²) < 4.78 is 1.02. The van der Waals surface area contributed by atoms with Gasteiger partial charge in [0.1, 0.15) is 10.9 Å². The third kappa shape index (κ3) is 3.11. The van der Waals surface area contributed by atoms with E-state index in [0.29, 0.717) is 5.56 Å². The van der Waals surface area contributed by atoms with E-state index in [1.807, 2.05) is 43.3 Å². The largest absolute Gasteiger partial charge is 0.384 e. The highest BCUT2D eigenvalue weighted by Gasteiger charge is 2.09. The molecule has 0 aliphatic carbocycles. The van der Waals surface area contributed by atoms with E-state index >= 15 is 0 Å². The van der Waals surface area contributed by atoms with Crippen molar-refractivity contribution in [2.45, 2.75) is 16.8 Å². The molecule has 2 rings (SSSR count). The fraction of sp³-hybridized carbons (Fsp3) is 0.0769. The Bertz CT molecular complexity index is 599. The summed E-state index contributed by atoms with van der Waals surface area (Å²) in [7, 11) is 0. The zero-order valence-corrected chi connectivity index (χ0v) is 12.2. The molecule has 0 spiro atoms. The van der Waals surface area contributed by atoms with Crippen LogP contribution in [0, 0.1) is 12.3 Å². The summed E-state index contributed by atoms with van der Waals surface area (Å²) >= 11 is 4.95. The van der Waals surface area contributed by atoms with Gasteiger partial charge >= 0.3 is 0 Å². The number of aryl methyl sites for hydroxylation is 1. The summed E-state index contributed by atoms with van der Waals surface area (Å²) in [6.45, 7) is 1.93. The molecule has 0 amide bonds. The molecule has 0 aliphatic rings. The van der Waals surface area contributed by atoms with Gasteiger partial charge in [0.15, 0.2) is 0 Å². The Morgan fingerprint density at radius 3 is 2.78 bits per heavy atom. The number of rotatable bonds is 3. The van der Waals surface area contributed by atoms with Gasteiger partial charge in [0.25, 0.3) is 0 Å². The molecule has 92 valence electrons. The lowest BCUT2D eigenvalue weighted by Gasteiger charge is -2.08. The predicted molar refractivity (Wildman–Crippen MR) is 78.3 cm³/mol. The van der Waals surface area contributed by atoms with Crippen LogP contribution in [0.3, 0.4) is 0 Å². The number of nitrogen functional groups attached to an aromatic ring is 1. The summed E-state index contributed by atoms with van der Waals surface area (Å²) in [4.78, 5) is 5.51. The van der Waals surface area contributed by atoms with E-state index in [9.17, 15) is 0 Å². The Kier molecular flexibility index (Phi) is 4.04. The maximum atomic E-state index is 7.57. The monoisotopic (exact) mass is 321 g/mol. The first-order chi connectivity index (χ1) is 8.56. The Labute approximate surface area is 118 Å². The van der Waals surface area contributed by atoms with Gasteiger partial charge in [-0.2, -0.15) is 0 Å². The Morgan fingerprint density at radius 1 is 1.33 bits per heavy atom. The Morgan fingerprint density at radius 2 is 2.11 bits per heavy atom. The molecule has 0 aliphatic heterocycles. The van der Waals surface area contributed by atoms with Crippen LogP contribution >= 0.6 is 27.7 Å². The zero-order chi connectivity index (χ0) is 13.1. The molecule has 1 aromatic heterocycles. The first-order valence-corrected chi connectivity index (χ1v) is 6.92. The second kappa shape index (κ2) is 5.54. The minimum Gasteiger partial charge on any atom is -0.384 e. The lowest BCUT2D eigenvalue weighted by atomic mass is 10.2. The van der Waals surface area contributed by atoms with Gasteiger partial charge in [-0.15, -0.1) is 0 Å². The van der Waals surface area contributed by atoms with Crippen LogP contribution in [0.15, 0.2) is 50.8 Å². The second-order valence-corrected chi connectivity index (χ2v) is 5.76. The number of amidine groups is 1. The van der Waals surface area contributed by atoms with Gasteiger partial charge in [0.05, 0.1) is 0 Å². The lowest BCUT2D eigenvalue weighted by Crippen LogP contribution is -2.13. The van der Waals surface area contributed by atoms with E-state index < -0.39 is 0 Å².